The molecule has 66 heavy (non-hydrogen) atoms. The lowest BCUT2D eigenvalue weighted by Gasteiger charge is -2.48. The molecular weight excluding hydrogens is 857 g/mol. The number of rotatable bonds is 21. The Morgan fingerprint density at radius 3 is 0.727 bits per heavy atom. The highest BCUT2D eigenvalue weighted by molar-refractivity contribution is 7.48. The third-order valence-electron chi connectivity index (χ3n) is 14.0. The molecule has 3 aliphatic heterocycles. The monoisotopic (exact) mass is 923 g/mol. The third-order valence-corrected chi connectivity index (χ3v) is 15.8. The maximum absolute atomic E-state index is 17.7. The van der Waals surface area contributed by atoms with Crippen LogP contribution in [0.2, 0.25) is 0 Å². The molecule has 3 saturated heterocycles. The quantitative estimate of drug-likeness (QED) is 0.0621. The minimum absolute atomic E-state index is 0. The summed E-state index contributed by atoms with van der Waals surface area (Å²) in [5, 5.41) is 11.6. The molecule has 7 nitrogen and oxygen atoms in total. The predicted molar refractivity (Wildman–Crippen MR) is 270 cm³/mol. The Morgan fingerprint density at radius 2 is 0.561 bits per heavy atom. The first-order valence-corrected chi connectivity index (χ1v) is 25.5. The van der Waals surface area contributed by atoms with Crippen LogP contribution in [-0.2, 0) is 56.7 Å². The van der Waals surface area contributed by atoms with E-state index in [-0.39, 0.29) is 30.5 Å². The lowest BCUT2D eigenvalue weighted by molar-refractivity contribution is -0.0908. The molecule has 346 valence electrons. The second-order valence-electron chi connectivity index (χ2n) is 18.8. The first-order chi connectivity index (χ1) is 31.9. The first-order valence-electron chi connectivity index (χ1n) is 24.1. The van der Waals surface area contributed by atoms with E-state index >= 15 is 4.57 Å². The summed E-state index contributed by atoms with van der Waals surface area (Å²) in [6.07, 6.45) is 8.62. The van der Waals surface area contributed by atoms with Crippen LogP contribution >= 0.6 is 20.2 Å². The normalized spacial score (nSPS) is 19.1. The van der Waals surface area contributed by atoms with Gasteiger partial charge in [-0.25, -0.2) is 4.57 Å². The number of benzene rings is 6. The molecule has 0 aliphatic carbocycles. The van der Waals surface area contributed by atoms with Crippen LogP contribution in [0.3, 0.4) is 0 Å². The fourth-order valence-electron chi connectivity index (χ4n) is 11.1. The topological polar surface area (TPSA) is 80.9 Å². The molecule has 3 atom stereocenters. The van der Waals surface area contributed by atoms with Gasteiger partial charge in [0.2, 0.25) is 0 Å². The number of hydrogen-bond acceptors (Lipinski definition) is 7. The van der Waals surface area contributed by atoms with Gasteiger partial charge in [0.1, 0.15) is 16.8 Å². The number of hydrogen-bond donors (Lipinski definition) is 3. The molecule has 6 aromatic carbocycles. The van der Waals surface area contributed by atoms with Crippen molar-refractivity contribution in [3.05, 3.63) is 215 Å². The highest BCUT2D eigenvalue weighted by atomic mass is 35.5. The Labute approximate surface area is 399 Å². The van der Waals surface area contributed by atoms with Gasteiger partial charge in [0.25, 0.3) is 0 Å². The van der Waals surface area contributed by atoms with E-state index in [1.807, 2.05) is 0 Å². The zero-order valence-corrected chi connectivity index (χ0v) is 39.9. The molecule has 0 radical (unpaired) electrons. The summed E-state index contributed by atoms with van der Waals surface area (Å²) in [6, 6.07) is 63.0. The molecule has 0 amide bonds. The summed E-state index contributed by atoms with van der Waals surface area (Å²) in [6.45, 7) is 2.55. The Hall–Kier alpha value is -4.40. The maximum atomic E-state index is 17.7. The van der Waals surface area contributed by atoms with Gasteiger partial charge in [-0.2, -0.15) is 0 Å². The van der Waals surface area contributed by atoms with Crippen molar-refractivity contribution in [3.63, 3.8) is 0 Å². The van der Waals surface area contributed by atoms with Crippen molar-refractivity contribution in [2.75, 3.05) is 19.6 Å². The fraction of sp³-hybridized carbons (Fsp3) is 0.368. The number of halogens is 1. The second-order valence-corrected chi connectivity index (χ2v) is 20.3. The molecule has 0 bridgehead atoms. The van der Waals surface area contributed by atoms with Gasteiger partial charge in [0.05, 0.1) is 0 Å². The van der Waals surface area contributed by atoms with E-state index in [2.05, 4.69) is 198 Å². The molecule has 9 heteroatoms. The molecular formula is C57H67ClN3O4P. The van der Waals surface area contributed by atoms with Crippen molar-refractivity contribution in [2.45, 2.75) is 112 Å². The van der Waals surface area contributed by atoms with E-state index in [9.17, 15) is 0 Å². The van der Waals surface area contributed by atoms with Crippen LogP contribution in [0.4, 0.5) is 0 Å². The highest BCUT2D eigenvalue weighted by Gasteiger charge is 2.57. The van der Waals surface area contributed by atoms with Gasteiger partial charge >= 0.3 is 7.82 Å². The highest BCUT2D eigenvalue weighted by Crippen LogP contribution is 2.62. The van der Waals surface area contributed by atoms with Crippen molar-refractivity contribution in [2.24, 2.45) is 0 Å². The Morgan fingerprint density at radius 1 is 0.364 bits per heavy atom. The lowest BCUT2D eigenvalue weighted by atomic mass is 9.81. The van der Waals surface area contributed by atoms with Crippen molar-refractivity contribution in [1.82, 2.24) is 16.0 Å². The van der Waals surface area contributed by atoms with E-state index in [0.717, 1.165) is 91.5 Å². The smallest absolute Gasteiger partial charge is 0.311 e. The molecule has 3 fully saturated rings. The van der Waals surface area contributed by atoms with E-state index < -0.39 is 24.6 Å². The summed E-state index contributed by atoms with van der Waals surface area (Å²) >= 11 is 0. The van der Waals surface area contributed by atoms with Crippen molar-refractivity contribution in [3.8, 4) is 0 Å². The van der Waals surface area contributed by atoms with Crippen molar-refractivity contribution >= 4 is 20.2 Å². The molecule has 0 saturated carbocycles. The largest absolute Gasteiger partial charge is 0.476 e. The van der Waals surface area contributed by atoms with Crippen LogP contribution in [0.15, 0.2) is 182 Å². The SMILES string of the molecule is Cl.O=P(OC(Cc1ccccc1)(Cc1ccccc1)[C@@H]1CCCN1)(OC(Cc1ccccc1)(Cc1ccccc1)[C@@H]1CCCN1)OC(Cc1ccccc1)(Cc1ccccc1)[C@@H]1CCCN1. The first kappa shape index (κ1) is 48.1. The molecule has 0 aromatic heterocycles. The minimum Gasteiger partial charge on any atom is -0.311 e. The van der Waals surface area contributed by atoms with Crippen molar-refractivity contribution < 1.29 is 18.1 Å². The minimum atomic E-state index is -4.68. The van der Waals surface area contributed by atoms with E-state index in [0.29, 0.717) is 38.5 Å². The van der Waals surface area contributed by atoms with Crippen LogP contribution in [-0.4, -0.2) is 54.6 Å². The van der Waals surface area contributed by atoms with E-state index in [1.54, 1.807) is 0 Å². The van der Waals surface area contributed by atoms with Gasteiger partial charge in [-0.1, -0.05) is 182 Å². The second kappa shape index (κ2) is 22.6. The summed E-state index contributed by atoms with van der Waals surface area (Å²) in [4.78, 5) is 0. The Bertz CT molecular complexity index is 1990. The van der Waals surface area contributed by atoms with Crippen LogP contribution in [0, 0.1) is 0 Å². The summed E-state index contributed by atoms with van der Waals surface area (Å²) < 4.78 is 41.4. The Kier molecular flexibility index (Phi) is 16.5. The average molecular weight is 925 g/mol. The van der Waals surface area contributed by atoms with Gasteiger partial charge in [0.15, 0.2) is 0 Å². The fourth-order valence-corrected chi connectivity index (χ4v) is 13.3. The average Bonchev–Trinajstić information content (AvgIpc) is 4.18. The van der Waals surface area contributed by atoms with Crippen LogP contribution in [0.5, 0.6) is 0 Å². The molecule has 3 aliphatic rings. The number of phosphoric acid groups is 1. The van der Waals surface area contributed by atoms with Gasteiger partial charge in [-0.15, -0.1) is 12.4 Å². The van der Waals surface area contributed by atoms with Gasteiger partial charge in [0, 0.05) is 56.7 Å². The van der Waals surface area contributed by atoms with Crippen LogP contribution in [0.25, 0.3) is 0 Å². The lowest BCUT2D eigenvalue weighted by Crippen LogP contribution is -2.57. The van der Waals surface area contributed by atoms with Crippen LogP contribution < -0.4 is 16.0 Å². The van der Waals surface area contributed by atoms with Gasteiger partial charge in [-0.05, 0) is 91.5 Å². The standard InChI is InChI=1S/C57H66N3O4P.ClH/c61-65(62-55(52-34-19-37-58-52,40-46-22-7-1-8-23-46)41-47-24-9-2-10-25-47,63-56(53-35-20-38-59-53,42-48-26-11-3-12-27-48)43-49-28-13-4-14-29-49)64-57(54-36-21-39-60-54,44-50-30-15-5-16-31-50)45-51-32-17-6-18-33-51;/h1-18,22-33,52-54,58-60H,19-21,34-45H2;1H/t52-,53-,54-;/m0./s1. The van der Waals surface area contributed by atoms with E-state index in [1.165, 1.54) is 0 Å². The Balaban J connectivity index is 0.00000592. The molecule has 0 unspecified atom stereocenters. The third kappa shape index (κ3) is 12.0. The zero-order chi connectivity index (χ0) is 44.3. The maximum Gasteiger partial charge on any atom is 0.476 e. The summed E-state index contributed by atoms with van der Waals surface area (Å²) in [7, 11) is -4.68. The summed E-state index contributed by atoms with van der Waals surface area (Å²) in [5.74, 6) is 0. The van der Waals surface area contributed by atoms with Crippen LogP contribution in [0.1, 0.15) is 71.9 Å². The molecule has 0 spiro atoms. The predicted octanol–water partition coefficient (Wildman–Crippen LogP) is 11.5. The van der Waals surface area contributed by atoms with Gasteiger partial charge < -0.3 is 16.0 Å². The molecule has 3 heterocycles. The van der Waals surface area contributed by atoms with Crippen molar-refractivity contribution in [1.29, 1.82) is 0 Å². The molecule has 3 N–H and O–H groups in total. The number of nitrogens with one attached hydrogen (secondary N) is 3. The number of phosphoric ester groups is 1. The molecule has 9 rings (SSSR count). The van der Waals surface area contributed by atoms with Gasteiger partial charge in [-0.3, -0.25) is 13.6 Å². The zero-order valence-electron chi connectivity index (χ0n) is 38.1. The molecule has 6 aromatic rings. The van der Waals surface area contributed by atoms with E-state index in [4.69, 9.17) is 13.6 Å². The summed E-state index contributed by atoms with van der Waals surface area (Å²) in [5.41, 5.74) is 3.57.